The number of pyridine rings is 1. The Hall–Kier alpha value is -2.75. The molecule has 21 heavy (non-hydrogen) atoms. The molecule has 0 saturated carbocycles. The number of hydrogen-bond donors (Lipinski definition) is 2. The minimum Gasteiger partial charge on any atom is -0.494 e. The summed E-state index contributed by atoms with van der Waals surface area (Å²) in [4.78, 5) is 4.34. The van der Waals surface area contributed by atoms with Gasteiger partial charge in [0, 0.05) is 29.0 Å². The van der Waals surface area contributed by atoms with E-state index in [2.05, 4.69) is 10.3 Å². The summed E-state index contributed by atoms with van der Waals surface area (Å²) in [6.45, 7) is 2.62. The number of nitrogen functional groups attached to an aromatic ring is 1. The van der Waals surface area contributed by atoms with Gasteiger partial charge in [0.25, 0.3) is 0 Å². The van der Waals surface area contributed by atoms with Gasteiger partial charge in [-0.1, -0.05) is 6.07 Å². The highest BCUT2D eigenvalue weighted by Gasteiger charge is 2.05. The minimum absolute atomic E-state index is 0.651. The van der Waals surface area contributed by atoms with E-state index in [-0.39, 0.29) is 0 Å². The average molecular weight is 279 g/mol. The molecule has 3 aromatic rings. The lowest BCUT2D eigenvalue weighted by Crippen LogP contribution is -1.96. The zero-order valence-corrected chi connectivity index (χ0v) is 11.8. The van der Waals surface area contributed by atoms with Crippen LogP contribution < -0.4 is 15.8 Å². The van der Waals surface area contributed by atoms with Crippen molar-refractivity contribution in [3.8, 4) is 5.75 Å². The van der Waals surface area contributed by atoms with E-state index in [1.165, 1.54) is 0 Å². The Morgan fingerprint density at radius 1 is 1.14 bits per heavy atom. The summed E-state index contributed by atoms with van der Waals surface area (Å²) in [7, 11) is 0. The number of anilines is 3. The molecule has 2 aromatic carbocycles. The maximum Gasteiger partial charge on any atom is 0.121 e. The second-order valence-electron chi connectivity index (χ2n) is 4.69. The Balaban J connectivity index is 1.98. The number of nitrogens with zero attached hydrogens (tertiary/aromatic N) is 1. The van der Waals surface area contributed by atoms with Crippen LogP contribution in [0.4, 0.5) is 17.1 Å². The van der Waals surface area contributed by atoms with Gasteiger partial charge in [0.2, 0.25) is 0 Å². The number of nitrogens with one attached hydrogen (secondary N) is 1. The smallest absolute Gasteiger partial charge is 0.121 e. The van der Waals surface area contributed by atoms with Crippen LogP contribution in [0.25, 0.3) is 10.9 Å². The molecule has 0 spiro atoms. The highest BCUT2D eigenvalue weighted by molar-refractivity contribution is 5.99. The van der Waals surface area contributed by atoms with Crippen molar-refractivity contribution in [1.82, 2.24) is 4.98 Å². The summed E-state index contributed by atoms with van der Waals surface area (Å²) in [5, 5.41) is 4.40. The molecule has 0 aliphatic carbocycles. The number of fused-ring (bicyclic) bond motifs is 1. The van der Waals surface area contributed by atoms with Crippen molar-refractivity contribution in [3.63, 3.8) is 0 Å². The van der Waals surface area contributed by atoms with Crippen LogP contribution in [0.3, 0.4) is 0 Å². The van der Waals surface area contributed by atoms with E-state index in [9.17, 15) is 0 Å². The van der Waals surface area contributed by atoms with Gasteiger partial charge in [0.05, 0.1) is 17.8 Å². The van der Waals surface area contributed by atoms with E-state index in [0.29, 0.717) is 12.3 Å². The third-order valence-electron chi connectivity index (χ3n) is 3.22. The van der Waals surface area contributed by atoms with Crippen molar-refractivity contribution in [2.75, 3.05) is 17.7 Å². The van der Waals surface area contributed by atoms with Crippen molar-refractivity contribution >= 4 is 28.0 Å². The monoisotopic (exact) mass is 279 g/mol. The van der Waals surface area contributed by atoms with Gasteiger partial charge in [0.15, 0.2) is 0 Å². The summed E-state index contributed by atoms with van der Waals surface area (Å²) in [5.74, 6) is 0.848. The average Bonchev–Trinajstić information content (AvgIpc) is 2.51. The largest absolute Gasteiger partial charge is 0.494 e. The third-order valence-corrected chi connectivity index (χ3v) is 3.22. The first-order valence-corrected chi connectivity index (χ1v) is 6.91. The molecule has 0 bridgehead atoms. The number of benzene rings is 2. The zero-order chi connectivity index (χ0) is 14.7. The Morgan fingerprint density at radius 2 is 2.05 bits per heavy atom. The van der Waals surface area contributed by atoms with Crippen LogP contribution >= 0.6 is 0 Å². The molecule has 106 valence electrons. The number of nitrogens with two attached hydrogens (primary N) is 1. The lowest BCUT2D eigenvalue weighted by atomic mass is 10.1. The van der Waals surface area contributed by atoms with E-state index in [0.717, 1.165) is 28.0 Å². The molecule has 3 N–H and O–H groups in total. The van der Waals surface area contributed by atoms with Gasteiger partial charge >= 0.3 is 0 Å². The molecular weight excluding hydrogens is 262 g/mol. The molecule has 4 heteroatoms. The lowest BCUT2D eigenvalue weighted by Gasteiger charge is -2.12. The summed E-state index contributed by atoms with van der Waals surface area (Å²) in [6.07, 6.45) is 1.75. The summed E-state index contributed by atoms with van der Waals surface area (Å²) in [5.41, 5.74) is 9.40. The molecule has 0 fully saturated rings. The molecule has 0 unspecified atom stereocenters. The van der Waals surface area contributed by atoms with Crippen molar-refractivity contribution in [2.24, 2.45) is 0 Å². The molecule has 1 aromatic heterocycles. The molecule has 0 aliphatic heterocycles. The van der Waals surface area contributed by atoms with Gasteiger partial charge in [-0.3, -0.25) is 4.98 Å². The van der Waals surface area contributed by atoms with Crippen molar-refractivity contribution in [3.05, 3.63) is 54.7 Å². The zero-order valence-electron chi connectivity index (χ0n) is 11.8. The van der Waals surface area contributed by atoms with Crippen molar-refractivity contribution in [1.29, 1.82) is 0 Å². The second-order valence-corrected chi connectivity index (χ2v) is 4.69. The molecule has 0 amide bonds. The van der Waals surface area contributed by atoms with Crippen LogP contribution in [0.2, 0.25) is 0 Å². The van der Waals surface area contributed by atoms with Gasteiger partial charge in [0.1, 0.15) is 5.75 Å². The minimum atomic E-state index is 0.651. The van der Waals surface area contributed by atoms with Gasteiger partial charge in [-0.2, -0.15) is 0 Å². The maximum absolute atomic E-state index is 5.97. The normalized spacial score (nSPS) is 10.5. The molecule has 0 atom stereocenters. The fourth-order valence-electron chi connectivity index (χ4n) is 2.29. The van der Waals surface area contributed by atoms with E-state index < -0.39 is 0 Å². The first-order valence-electron chi connectivity index (χ1n) is 6.91. The van der Waals surface area contributed by atoms with E-state index in [4.69, 9.17) is 10.5 Å². The molecule has 3 rings (SSSR count). The SMILES string of the molecule is CCOc1cccc(Nc2ccc(N)c3ncccc23)c1. The molecular formula is C17H17N3O. The maximum atomic E-state index is 5.97. The summed E-state index contributed by atoms with van der Waals surface area (Å²) in [6, 6.07) is 15.6. The number of aromatic nitrogens is 1. The second kappa shape index (κ2) is 5.71. The van der Waals surface area contributed by atoms with Crippen LogP contribution in [-0.4, -0.2) is 11.6 Å². The van der Waals surface area contributed by atoms with Crippen LogP contribution in [0, 0.1) is 0 Å². The summed E-state index contributed by atoms with van der Waals surface area (Å²) >= 11 is 0. The van der Waals surface area contributed by atoms with Gasteiger partial charge in [-0.15, -0.1) is 0 Å². The van der Waals surface area contributed by atoms with Crippen LogP contribution in [0.15, 0.2) is 54.7 Å². The van der Waals surface area contributed by atoms with Crippen LogP contribution in [0.1, 0.15) is 6.92 Å². The predicted molar refractivity (Wildman–Crippen MR) is 87.0 cm³/mol. The van der Waals surface area contributed by atoms with E-state index >= 15 is 0 Å². The highest BCUT2D eigenvalue weighted by atomic mass is 16.5. The fourth-order valence-corrected chi connectivity index (χ4v) is 2.29. The Morgan fingerprint density at radius 3 is 2.90 bits per heavy atom. The molecule has 1 heterocycles. The molecule has 0 aliphatic rings. The number of ether oxygens (including phenoxy) is 1. The topological polar surface area (TPSA) is 60.2 Å². The third kappa shape index (κ3) is 2.74. The number of hydrogen-bond acceptors (Lipinski definition) is 4. The van der Waals surface area contributed by atoms with E-state index in [1.807, 2.05) is 55.5 Å². The van der Waals surface area contributed by atoms with Crippen LogP contribution in [-0.2, 0) is 0 Å². The fraction of sp³-hybridized carbons (Fsp3) is 0.118. The van der Waals surface area contributed by atoms with Crippen molar-refractivity contribution in [2.45, 2.75) is 6.92 Å². The first-order chi connectivity index (χ1) is 10.3. The lowest BCUT2D eigenvalue weighted by molar-refractivity contribution is 0.340. The molecule has 0 radical (unpaired) electrons. The van der Waals surface area contributed by atoms with Gasteiger partial charge in [-0.25, -0.2) is 0 Å². The molecule has 4 nitrogen and oxygen atoms in total. The Labute approximate surface area is 123 Å². The Bertz CT molecular complexity index is 771. The Kier molecular flexibility index (Phi) is 3.60. The quantitative estimate of drug-likeness (QED) is 0.710. The van der Waals surface area contributed by atoms with E-state index in [1.54, 1.807) is 6.20 Å². The van der Waals surface area contributed by atoms with Crippen LogP contribution in [0.5, 0.6) is 5.75 Å². The predicted octanol–water partition coefficient (Wildman–Crippen LogP) is 3.96. The van der Waals surface area contributed by atoms with Gasteiger partial charge < -0.3 is 15.8 Å². The first kappa shape index (κ1) is 13.2. The van der Waals surface area contributed by atoms with Gasteiger partial charge in [-0.05, 0) is 43.3 Å². The highest BCUT2D eigenvalue weighted by Crippen LogP contribution is 2.29. The number of rotatable bonds is 4. The van der Waals surface area contributed by atoms with Crippen molar-refractivity contribution < 1.29 is 4.74 Å². The molecule has 0 saturated heterocycles. The standard InChI is InChI=1S/C17H17N3O/c1-2-21-13-6-3-5-12(11-13)20-16-9-8-15(18)17-14(16)7-4-10-19-17/h3-11,20H,2,18H2,1H3. The summed E-state index contributed by atoms with van der Waals surface area (Å²) < 4.78 is 5.52.